The second kappa shape index (κ2) is 13.5. The molecule has 2 fully saturated rings. The molecule has 2 saturated heterocycles. The predicted octanol–water partition coefficient (Wildman–Crippen LogP) is -0.00360. The van der Waals surface area contributed by atoms with Gasteiger partial charge in [-0.2, -0.15) is 0 Å². The van der Waals surface area contributed by atoms with E-state index in [0.717, 1.165) is 0 Å². The van der Waals surface area contributed by atoms with Crippen LogP contribution in [0.4, 0.5) is 0 Å². The number of aldehydes is 1. The highest BCUT2D eigenvalue weighted by atomic mass is 16.7. The summed E-state index contributed by atoms with van der Waals surface area (Å²) in [5.74, 6) is -2.01. The number of aliphatic hydroxyl groups is 4. The lowest BCUT2D eigenvalue weighted by molar-refractivity contribution is -0.299. The van der Waals surface area contributed by atoms with Gasteiger partial charge in [-0.3, -0.25) is 9.59 Å². The summed E-state index contributed by atoms with van der Waals surface area (Å²) < 4.78 is 22.0. The standard InChI is InChI=1S/C29H34O12/c1-15-24-20(32)9-17(12-30)3-2-4-18(10-21(24)40-28(15)37)13-39-29-27(36)26(35)25(34)22(41-29)14-38-23(33)11-16-5-7-19(31)8-6-16/h3,5-8,10,12,20-22,24-27,29,31-32,34-36H,1-2,4,9,11,13-14H2/t20-,21+,22+,24+,25+,26-,27+,29+/m0/s1. The third-order valence-electron chi connectivity index (χ3n) is 7.34. The zero-order valence-corrected chi connectivity index (χ0v) is 22.2. The van der Waals surface area contributed by atoms with Gasteiger partial charge in [0.1, 0.15) is 49.2 Å². The summed E-state index contributed by atoms with van der Waals surface area (Å²) in [7, 11) is 0. The van der Waals surface area contributed by atoms with Gasteiger partial charge < -0.3 is 44.5 Å². The molecule has 3 aliphatic rings. The van der Waals surface area contributed by atoms with Crippen molar-refractivity contribution in [3.8, 4) is 5.75 Å². The van der Waals surface area contributed by atoms with Gasteiger partial charge in [0.2, 0.25) is 0 Å². The van der Waals surface area contributed by atoms with Crippen molar-refractivity contribution in [2.75, 3.05) is 13.2 Å². The lowest BCUT2D eigenvalue weighted by Crippen LogP contribution is -2.59. The average molecular weight is 575 g/mol. The fourth-order valence-electron chi connectivity index (χ4n) is 5.01. The van der Waals surface area contributed by atoms with Crippen molar-refractivity contribution in [1.29, 1.82) is 0 Å². The number of hydrogen-bond donors (Lipinski definition) is 5. The first-order valence-electron chi connectivity index (χ1n) is 13.2. The van der Waals surface area contributed by atoms with Gasteiger partial charge in [-0.15, -0.1) is 0 Å². The van der Waals surface area contributed by atoms with Gasteiger partial charge in [0, 0.05) is 12.0 Å². The molecule has 2 aliphatic heterocycles. The van der Waals surface area contributed by atoms with E-state index >= 15 is 0 Å². The topological polar surface area (TPSA) is 189 Å². The van der Waals surface area contributed by atoms with Crippen LogP contribution in [0.15, 0.2) is 59.7 Å². The van der Waals surface area contributed by atoms with Crippen molar-refractivity contribution in [3.05, 3.63) is 65.3 Å². The van der Waals surface area contributed by atoms with Crippen LogP contribution in [-0.2, 0) is 39.8 Å². The minimum Gasteiger partial charge on any atom is -0.508 e. The molecule has 222 valence electrons. The number of fused-ring (bicyclic) bond motifs is 1. The number of hydrogen-bond acceptors (Lipinski definition) is 12. The van der Waals surface area contributed by atoms with Crippen LogP contribution in [0.25, 0.3) is 0 Å². The SMILES string of the molecule is C=C1C(=O)O[C@@H]2C=C(CO[C@@H]3O[C@H](COC(=O)Cc4ccc(O)cc4)[C@@H](O)[C@H](O)[C@H]3O)CCC=C(C=O)C[C@H](O)[C@@H]12. The number of aliphatic hydroxyl groups excluding tert-OH is 4. The van der Waals surface area contributed by atoms with Crippen molar-refractivity contribution in [3.63, 3.8) is 0 Å². The van der Waals surface area contributed by atoms with Crippen LogP contribution in [0, 0.1) is 5.92 Å². The lowest BCUT2D eigenvalue weighted by atomic mass is 9.85. The Bertz CT molecular complexity index is 1190. The maximum atomic E-state index is 12.3. The normalized spacial score (nSPS) is 32.3. The van der Waals surface area contributed by atoms with Crippen LogP contribution in [-0.4, -0.2) is 99.9 Å². The first kappa shape index (κ1) is 30.6. The second-order valence-corrected chi connectivity index (χ2v) is 10.3. The number of benzene rings is 1. The number of esters is 2. The Morgan fingerprint density at radius 2 is 1.83 bits per heavy atom. The van der Waals surface area contributed by atoms with Crippen molar-refractivity contribution in [1.82, 2.24) is 0 Å². The molecule has 0 amide bonds. The van der Waals surface area contributed by atoms with Gasteiger partial charge >= 0.3 is 11.9 Å². The molecule has 4 rings (SSSR count). The number of carbonyl (C=O) groups is 3. The maximum absolute atomic E-state index is 12.3. The van der Waals surface area contributed by atoms with Gasteiger partial charge in [0.25, 0.3) is 0 Å². The van der Waals surface area contributed by atoms with Crippen LogP contribution in [0.2, 0.25) is 0 Å². The first-order chi connectivity index (χ1) is 19.6. The van der Waals surface area contributed by atoms with E-state index in [2.05, 4.69) is 6.58 Å². The Morgan fingerprint density at radius 1 is 1.10 bits per heavy atom. The summed E-state index contributed by atoms with van der Waals surface area (Å²) in [5, 5.41) is 51.3. The summed E-state index contributed by atoms with van der Waals surface area (Å²) in [6, 6.07) is 5.97. The van der Waals surface area contributed by atoms with E-state index in [4.69, 9.17) is 18.9 Å². The summed E-state index contributed by atoms with van der Waals surface area (Å²) in [5.41, 5.74) is 1.66. The molecule has 1 aromatic rings. The van der Waals surface area contributed by atoms with Crippen LogP contribution < -0.4 is 0 Å². The zero-order chi connectivity index (χ0) is 29.7. The predicted molar refractivity (Wildman–Crippen MR) is 140 cm³/mol. The molecule has 0 radical (unpaired) electrons. The molecule has 1 aliphatic carbocycles. The quantitative estimate of drug-likeness (QED) is 0.121. The Morgan fingerprint density at radius 3 is 2.54 bits per heavy atom. The van der Waals surface area contributed by atoms with Gasteiger partial charge in [-0.05, 0) is 47.8 Å². The fourth-order valence-corrected chi connectivity index (χ4v) is 5.01. The highest BCUT2D eigenvalue weighted by molar-refractivity contribution is 5.91. The fraction of sp³-hybridized carbons (Fsp3) is 0.483. The third kappa shape index (κ3) is 7.47. The number of carbonyl (C=O) groups excluding carboxylic acids is 3. The summed E-state index contributed by atoms with van der Waals surface area (Å²) in [4.78, 5) is 35.9. The molecule has 8 atom stereocenters. The zero-order valence-electron chi connectivity index (χ0n) is 22.2. The monoisotopic (exact) mass is 574 g/mol. The molecule has 12 nitrogen and oxygen atoms in total. The van der Waals surface area contributed by atoms with E-state index in [1.54, 1.807) is 24.3 Å². The van der Waals surface area contributed by atoms with E-state index in [1.165, 1.54) is 12.1 Å². The Labute approximate surface area is 236 Å². The molecule has 0 saturated carbocycles. The van der Waals surface area contributed by atoms with E-state index in [0.29, 0.717) is 35.8 Å². The highest BCUT2D eigenvalue weighted by Gasteiger charge is 2.45. The van der Waals surface area contributed by atoms with Crippen LogP contribution in [0.3, 0.4) is 0 Å². The molecule has 12 heteroatoms. The Hall–Kier alpha value is -3.39. The van der Waals surface area contributed by atoms with Gasteiger partial charge in [0.15, 0.2) is 6.29 Å². The van der Waals surface area contributed by atoms with E-state index < -0.39 is 67.4 Å². The molecule has 0 spiro atoms. The molecule has 41 heavy (non-hydrogen) atoms. The molecular weight excluding hydrogens is 540 g/mol. The van der Waals surface area contributed by atoms with E-state index in [9.17, 15) is 39.9 Å². The van der Waals surface area contributed by atoms with Gasteiger partial charge in [0.05, 0.1) is 25.0 Å². The number of rotatable bonds is 8. The number of allylic oxidation sites excluding steroid dienone is 1. The minimum atomic E-state index is -1.66. The van der Waals surface area contributed by atoms with Crippen molar-refractivity contribution >= 4 is 18.2 Å². The molecular formula is C29H34O12. The molecule has 0 unspecified atom stereocenters. The molecule has 1 aromatic carbocycles. The molecule has 2 heterocycles. The number of ether oxygens (including phenoxy) is 4. The van der Waals surface area contributed by atoms with E-state index in [1.807, 2.05) is 0 Å². The summed E-state index contributed by atoms with van der Waals surface area (Å²) >= 11 is 0. The third-order valence-corrected chi connectivity index (χ3v) is 7.34. The molecule has 0 bridgehead atoms. The first-order valence-corrected chi connectivity index (χ1v) is 13.2. The molecule has 5 N–H and O–H groups in total. The number of phenolic OH excluding ortho intramolecular Hbond substituents is 1. The average Bonchev–Trinajstić information content (AvgIpc) is 3.23. The highest BCUT2D eigenvalue weighted by Crippen LogP contribution is 2.35. The van der Waals surface area contributed by atoms with Gasteiger partial charge in [-0.1, -0.05) is 24.8 Å². The van der Waals surface area contributed by atoms with Crippen LogP contribution in [0.1, 0.15) is 24.8 Å². The Balaban J connectivity index is 1.40. The molecule has 0 aromatic heterocycles. The van der Waals surface area contributed by atoms with Crippen molar-refractivity contribution in [2.24, 2.45) is 5.92 Å². The maximum Gasteiger partial charge on any atom is 0.334 e. The largest absolute Gasteiger partial charge is 0.508 e. The minimum absolute atomic E-state index is 0.0449. The summed E-state index contributed by atoms with van der Waals surface area (Å²) in [6.07, 6.45) is -4.71. The lowest BCUT2D eigenvalue weighted by Gasteiger charge is -2.40. The number of phenols is 1. The van der Waals surface area contributed by atoms with Crippen molar-refractivity contribution in [2.45, 2.75) is 68.6 Å². The van der Waals surface area contributed by atoms with Crippen LogP contribution >= 0.6 is 0 Å². The van der Waals surface area contributed by atoms with Gasteiger partial charge in [-0.25, -0.2) is 4.79 Å². The van der Waals surface area contributed by atoms with Crippen LogP contribution in [0.5, 0.6) is 5.75 Å². The summed E-state index contributed by atoms with van der Waals surface area (Å²) in [6.45, 7) is 3.15. The van der Waals surface area contributed by atoms with E-state index in [-0.39, 0.29) is 30.8 Å². The Kier molecular flexibility index (Phi) is 10.1. The van der Waals surface area contributed by atoms with Crippen molar-refractivity contribution < 1.29 is 58.9 Å². The second-order valence-electron chi connectivity index (χ2n) is 10.3. The number of aromatic hydroxyl groups is 1. The smallest absolute Gasteiger partial charge is 0.334 e.